The summed E-state index contributed by atoms with van der Waals surface area (Å²) in [5, 5.41) is 12.5. The van der Waals surface area contributed by atoms with Crippen LogP contribution >= 0.6 is 0 Å². The van der Waals surface area contributed by atoms with Crippen molar-refractivity contribution in [2.45, 2.75) is 19.8 Å². The number of benzene rings is 2. The Morgan fingerprint density at radius 1 is 1.17 bits per heavy atom. The first-order valence-electron chi connectivity index (χ1n) is 6.48. The van der Waals surface area contributed by atoms with E-state index in [9.17, 15) is 5.11 Å². The molecule has 0 aliphatic carbocycles. The first-order valence-corrected chi connectivity index (χ1v) is 6.48. The van der Waals surface area contributed by atoms with Gasteiger partial charge in [-0.15, -0.1) is 0 Å². The summed E-state index contributed by atoms with van der Waals surface area (Å²) in [6, 6.07) is 12.8. The van der Waals surface area contributed by atoms with Crippen LogP contribution in [0, 0.1) is 0 Å². The summed E-state index contributed by atoms with van der Waals surface area (Å²) in [6.45, 7) is 2.98. The zero-order chi connectivity index (χ0) is 12.5. The highest BCUT2D eigenvalue weighted by atomic mass is 16.3. The maximum Gasteiger partial charge on any atom is 0.187 e. The van der Waals surface area contributed by atoms with Crippen molar-refractivity contribution in [3.63, 3.8) is 0 Å². The van der Waals surface area contributed by atoms with Gasteiger partial charge in [0, 0.05) is 12.2 Å². The van der Waals surface area contributed by atoms with Crippen LogP contribution in [0.1, 0.15) is 18.9 Å². The lowest BCUT2D eigenvalue weighted by Crippen LogP contribution is -2.26. The van der Waals surface area contributed by atoms with Gasteiger partial charge in [0.15, 0.2) is 5.88 Å². The first kappa shape index (κ1) is 11.1. The quantitative estimate of drug-likeness (QED) is 0.855. The van der Waals surface area contributed by atoms with Crippen molar-refractivity contribution in [1.82, 2.24) is 0 Å². The summed E-state index contributed by atoms with van der Waals surface area (Å²) in [5.41, 5.74) is 2.44. The summed E-state index contributed by atoms with van der Waals surface area (Å²) >= 11 is 0. The number of fused-ring (bicyclic) bond motifs is 2. The molecule has 3 rings (SSSR count). The van der Waals surface area contributed by atoms with E-state index in [-0.39, 0.29) is 0 Å². The van der Waals surface area contributed by atoms with Gasteiger partial charge < -0.3 is 10.0 Å². The molecule has 18 heavy (non-hydrogen) atoms. The van der Waals surface area contributed by atoms with E-state index >= 15 is 0 Å². The van der Waals surface area contributed by atoms with Crippen LogP contribution in [0.5, 0.6) is 0 Å². The predicted molar refractivity (Wildman–Crippen MR) is 76.0 cm³/mol. The lowest BCUT2D eigenvalue weighted by molar-refractivity contribution is 0.384. The van der Waals surface area contributed by atoms with Crippen LogP contribution in [-0.4, -0.2) is 11.7 Å². The van der Waals surface area contributed by atoms with E-state index in [1.54, 1.807) is 0 Å². The second kappa shape index (κ2) is 4.37. The summed E-state index contributed by atoms with van der Waals surface area (Å²) in [5.74, 6) is 0.389. The summed E-state index contributed by atoms with van der Waals surface area (Å²) < 4.78 is 0. The van der Waals surface area contributed by atoms with Crippen molar-refractivity contribution in [2.24, 2.45) is 0 Å². The fourth-order valence-corrected chi connectivity index (χ4v) is 2.58. The van der Waals surface area contributed by atoms with Gasteiger partial charge in [-0.25, -0.2) is 0 Å². The maximum atomic E-state index is 10.0. The number of hydrogen-bond donors (Lipinski definition) is 1. The highest BCUT2D eigenvalue weighted by molar-refractivity contribution is 5.88. The zero-order valence-corrected chi connectivity index (χ0v) is 10.6. The Hall–Kier alpha value is -1.96. The normalized spacial score (nSPS) is 14.5. The molecule has 0 radical (unpaired) electrons. The topological polar surface area (TPSA) is 23.5 Å². The molecule has 1 heterocycles. The molecule has 0 saturated heterocycles. The fourth-order valence-electron chi connectivity index (χ4n) is 2.58. The minimum atomic E-state index is 0.389. The van der Waals surface area contributed by atoms with Crippen molar-refractivity contribution >= 4 is 16.5 Å². The standard InChI is InChI=1S/C16H17NO/c1-2-9-17-15-11-13-6-4-3-5-12(13)10-14(15)7-8-16(17)18/h3-6,8,10-11,18H,2,7,9H2,1H3. The van der Waals surface area contributed by atoms with Gasteiger partial charge in [-0.2, -0.15) is 0 Å². The molecule has 0 unspecified atom stereocenters. The second-order valence-corrected chi connectivity index (χ2v) is 4.75. The molecule has 0 aromatic heterocycles. The summed E-state index contributed by atoms with van der Waals surface area (Å²) in [4.78, 5) is 2.01. The largest absolute Gasteiger partial charge is 0.495 e. The Kier molecular flexibility index (Phi) is 2.71. The van der Waals surface area contributed by atoms with Crippen LogP contribution in [0.2, 0.25) is 0 Å². The van der Waals surface area contributed by atoms with Crippen molar-refractivity contribution in [3.05, 3.63) is 53.9 Å². The molecule has 1 aliphatic rings. The van der Waals surface area contributed by atoms with Crippen molar-refractivity contribution in [2.75, 3.05) is 11.4 Å². The van der Waals surface area contributed by atoms with E-state index < -0.39 is 0 Å². The van der Waals surface area contributed by atoms with Crippen LogP contribution in [0.3, 0.4) is 0 Å². The molecule has 0 spiro atoms. The molecular weight excluding hydrogens is 222 g/mol. The van der Waals surface area contributed by atoms with Gasteiger partial charge in [0.1, 0.15) is 0 Å². The van der Waals surface area contributed by atoms with E-state index in [1.165, 1.54) is 16.3 Å². The molecule has 2 aromatic carbocycles. The molecular formula is C16H17NO. The van der Waals surface area contributed by atoms with E-state index in [2.05, 4.69) is 43.3 Å². The average molecular weight is 239 g/mol. The van der Waals surface area contributed by atoms with Gasteiger partial charge in [0.05, 0.1) is 0 Å². The van der Waals surface area contributed by atoms with Crippen LogP contribution < -0.4 is 4.90 Å². The number of rotatable bonds is 2. The third-order valence-corrected chi connectivity index (χ3v) is 3.47. The second-order valence-electron chi connectivity index (χ2n) is 4.75. The zero-order valence-electron chi connectivity index (χ0n) is 10.6. The Morgan fingerprint density at radius 2 is 1.89 bits per heavy atom. The molecule has 0 saturated carbocycles. The average Bonchev–Trinajstić information content (AvgIpc) is 2.40. The third-order valence-electron chi connectivity index (χ3n) is 3.47. The number of anilines is 1. The SMILES string of the molecule is CCCN1C(O)=CCc2cc3ccccc3cc21. The van der Waals surface area contributed by atoms with Crippen molar-refractivity contribution < 1.29 is 5.11 Å². The highest BCUT2D eigenvalue weighted by Crippen LogP contribution is 2.32. The Bertz CT molecular complexity index is 616. The van der Waals surface area contributed by atoms with Gasteiger partial charge in [-0.1, -0.05) is 31.2 Å². The molecule has 1 N–H and O–H groups in total. The molecule has 0 bridgehead atoms. The number of aliphatic hydroxyl groups excluding tert-OH is 1. The van der Waals surface area contributed by atoms with E-state index in [0.717, 1.165) is 25.1 Å². The van der Waals surface area contributed by atoms with Gasteiger partial charge in [0.2, 0.25) is 0 Å². The molecule has 0 amide bonds. The van der Waals surface area contributed by atoms with Gasteiger partial charge in [0.25, 0.3) is 0 Å². The van der Waals surface area contributed by atoms with E-state index in [0.29, 0.717) is 5.88 Å². The number of allylic oxidation sites excluding steroid dienone is 1. The van der Waals surface area contributed by atoms with E-state index in [4.69, 9.17) is 0 Å². The van der Waals surface area contributed by atoms with Gasteiger partial charge in [-0.3, -0.25) is 0 Å². The first-order chi connectivity index (χ1) is 8.79. The van der Waals surface area contributed by atoms with Crippen molar-refractivity contribution in [3.8, 4) is 0 Å². The minimum absolute atomic E-state index is 0.389. The van der Waals surface area contributed by atoms with Crippen LogP contribution in [0.25, 0.3) is 10.8 Å². The highest BCUT2D eigenvalue weighted by Gasteiger charge is 2.18. The lowest BCUT2D eigenvalue weighted by atomic mass is 9.99. The van der Waals surface area contributed by atoms with Crippen LogP contribution in [-0.2, 0) is 6.42 Å². The number of hydrogen-bond acceptors (Lipinski definition) is 2. The lowest BCUT2D eigenvalue weighted by Gasteiger charge is -2.29. The fraction of sp³-hybridized carbons (Fsp3) is 0.250. The molecule has 0 atom stereocenters. The minimum Gasteiger partial charge on any atom is -0.495 e. The monoisotopic (exact) mass is 239 g/mol. The summed E-state index contributed by atoms with van der Waals surface area (Å²) in [7, 11) is 0. The number of nitrogens with zero attached hydrogens (tertiary/aromatic N) is 1. The van der Waals surface area contributed by atoms with Gasteiger partial charge in [-0.05, 0) is 47.4 Å². The Balaban J connectivity index is 2.16. The van der Waals surface area contributed by atoms with Crippen molar-refractivity contribution in [1.29, 1.82) is 0 Å². The maximum absolute atomic E-state index is 10.0. The van der Waals surface area contributed by atoms with Gasteiger partial charge >= 0.3 is 0 Å². The summed E-state index contributed by atoms with van der Waals surface area (Å²) in [6.07, 6.45) is 3.73. The molecule has 1 aliphatic heterocycles. The third kappa shape index (κ3) is 1.74. The molecule has 2 nitrogen and oxygen atoms in total. The molecule has 2 aromatic rings. The molecule has 92 valence electrons. The molecule has 2 heteroatoms. The Labute approximate surface area is 107 Å². The molecule has 0 fully saturated rings. The number of aliphatic hydroxyl groups is 1. The Morgan fingerprint density at radius 3 is 2.61 bits per heavy atom. The predicted octanol–water partition coefficient (Wildman–Crippen LogP) is 4.01. The van der Waals surface area contributed by atoms with Crippen LogP contribution in [0.15, 0.2) is 48.4 Å². The van der Waals surface area contributed by atoms with E-state index in [1.807, 2.05) is 11.0 Å². The smallest absolute Gasteiger partial charge is 0.187 e. The van der Waals surface area contributed by atoms with Crippen LogP contribution in [0.4, 0.5) is 5.69 Å².